The van der Waals surface area contributed by atoms with E-state index in [9.17, 15) is 0 Å². The summed E-state index contributed by atoms with van der Waals surface area (Å²) in [6, 6.07) is 0. The molecule has 3 unspecified atom stereocenters. The summed E-state index contributed by atoms with van der Waals surface area (Å²) in [5.74, 6) is 0. The van der Waals surface area contributed by atoms with Crippen molar-refractivity contribution in [2.45, 2.75) is 97.1 Å². The van der Waals surface area contributed by atoms with Crippen LogP contribution in [-0.2, 0) is 11.8 Å². The molecule has 6 heteroatoms. The summed E-state index contributed by atoms with van der Waals surface area (Å²) < 4.78 is 0.404. The van der Waals surface area contributed by atoms with Crippen LogP contribution in [0.25, 0.3) is 0 Å². The van der Waals surface area contributed by atoms with Gasteiger partial charge in [-0.2, -0.15) is 0 Å². The number of rotatable bonds is 0. The topological polar surface area (TPSA) is 0 Å². The van der Waals surface area contributed by atoms with Crippen molar-refractivity contribution in [3.05, 3.63) is 0 Å². The first-order chi connectivity index (χ1) is 11.3. The Hall–Kier alpha value is 2.03. The molecule has 0 aromatic heterocycles. The van der Waals surface area contributed by atoms with Crippen molar-refractivity contribution < 1.29 is 0 Å². The van der Waals surface area contributed by atoms with Crippen LogP contribution in [0.4, 0.5) is 0 Å². The Morgan fingerprint density at radius 2 is 1.35 bits per heavy atom. The van der Waals surface area contributed by atoms with Gasteiger partial charge in [0.2, 0.25) is 0 Å². The first-order valence-corrected chi connectivity index (χ1v) is 18.3. The second-order valence-corrected chi connectivity index (χ2v) is 29.5. The van der Waals surface area contributed by atoms with Crippen LogP contribution in [0.5, 0.6) is 0 Å². The molecule has 0 aromatic rings. The van der Waals surface area contributed by atoms with Gasteiger partial charge in [-0.25, -0.2) is 0 Å². The molecule has 0 aliphatic carbocycles. The summed E-state index contributed by atoms with van der Waals surface area (Å²) in [6.45, 7) is 30.4. The molecule has 0 amide bonds. The molecule has 0 saturated carbocycles. The minimum atomic E-state index is -1.54. The first kappa shape index (κ1) is 21.3. The second kappa shape index (κ2) is 4.92. The number of hydrogen-bond acceptors (Lipinski definition) is 2. The monoisotopic (exact) mass is 464 g/mol. The quantitative estimate of drug-likeness (QED) is 0.328. The largest absolute Gasteiger partial charge is 0.114 e. The predicted molar refractivity (Wildman–Crippen MR) is 134 cm³/mol. The molecule has 5 aliphatic heterocycles. The van der Waals surface area contributed by atoms with Crippen molar-refractivity contribution in [1.29, 1.82) is 0 Å². The average Bonchev–Trinajstić information content (AvgIpc) is 2.56. The highest BCUT2D eigenvalue weighted by molar-refractivity contribution is 8.82. The van der Waals surface area contributed by atoms with Gasteiger partial charge in [-0.05, 0) is 41.7 Å². The lowest BCUT2D eigenvalue weighted by Gasteiger charge is -2.46. The zero-order valence-electron chi connectivity index (χ0n) is 18.6. The van der Waals surface area contributed by atoms with Gasteiger partial charge in [0, 0.05) is 10.6 Å². The fourth-order valence-corrected chi connectivity index (χ4v) is 59.4. The molecule has 0 N–H and O–H groups in total. The van der Waals surface area contributed by atoms with Crippen molar-refractivity contribution in [3.63, 3.8) is 0 Å². The lowest BCUT2D eigenvalue weighted by molar-refractivity contribution is 0.295. The van der Waals surface area contributed by atoms with Gasteiger partial charge >= 0.3 is 0 Å². The lowest BCUT2D eigenvalue weighted by atomic mass is 9.80. The molecular weight excluding hydrogens is 428 g/mol. The summed E-state index contributed by atoms with van der Waals surface area (Å²) in [7, 11) is 1.48. The molecule has 4 fully saturated rings. The zero-order chi connectivity index (χ0) is 20.1. The SMILES string of the molecule is CC(C)(C)C1=PP2(=S)[C@]3(C(C)(C)C)SP4[C@@](C(C)(C)C)(P13)[C@]42C(C)(C)C. The molecule has 5 heterocycles. The molecule has 4 saturated heterocycles. The molecule has 6 atom stereocenters. The van der Waals surface area contributed by atoms with Gasteiger partial charge < -0.3 is 0 Å². The Morgan fingerprint density at radius 3 is 1.69 bits per heavy atom. The van der Waals surface area contributed by atoms with Crippen molar-refractivity contribution >= 4 is 56.9 Å². The van der Waals surface area contributed by atoms with Gasteiger partial charge in [-0.3, -0.25) is 0 Å². The minimum Gasteiger partial charge on any atom is -0.114 e. The van der Waals surface area contributed by atoms with Crippen LogP contribution in [-0.4, -0.2) is 19.1 Å². The van der Waals surface area contributed by atoms with E-state index in [1.807, 2.05) is 5.03 Å². The normalized spacial score (nSPS) is 50.2. The molecule has 148 valence electrons. The van der Waals surface area contributed by atoms with Gasteiger partial charge in [0.1, 0.15) is 0 Å². The molecule has 5 rings (SSSR count). The lowest BCUT2D eigenvalue weighted by Crippen LogP contribution is -2.42. The van der Waals surface area contributed by atoms with E-state index in [2.05, 4.69) is 94.5 Å². The van der Waals surface area contributed by atoms with Gasteiger partial charge in [0.15, 0.2) is 0 Å². The third-order valence-electron chi connectivity index (χ3n) is 6.91. The maximum atomic E-state index is 7.04. The molecule has 26 heavy (non-hydrogen) atoms. The Morgan fingerprint density at radius 1 is 0.846 bits per heavy atom. The highest BCUT2D eigenvalue weighted by atomic mass is 32.7. The maximum Gasteiger partial charge on any atom is 0.0862 e. The Balaban J connectivity index is 2.15. The van der Waals surface area contributed by atoms with E-state index < -0.39 is 5.73 Å². The molecule has 5 aliphatic rings. The van der Waals surface area contributed by atoms with Gasteiger partial charge in [0.25, 0.3) is 0 Å². The van der Waals surface area contributed by atoms with Crippen molar-refractivity contribution in [1.82, 2.24) is 0 Å². The second-order valence-electron chi connectivity index (χ2n) is 12.7. The maximum absolute atomic E-state index is 7.04. The van der Waals surface area contributed by atoms with E-state index in [0.29, 0.717) is 35.7 Å². The smallest absolute Gasteiger partial charge is 0.0862 e. The minimum absolute atomic E-state index is 0.0187. The van der Waals surface area contributed by atoms with Gasteiger partial charge in [0.05, 0.1) is 9.13 Å². The summed E-state index contributed by atoms with van der Waals surface area (Å²) >= 11 is 9.52. The zero-order valence-corrected chi connectivity index (χ0v) is 23.8. The van der Waals surface area contributed by atoms with Crippen molar-refractivity contribution in [3.8, 4) is 0 Å². The van der Waals surface area contributed by atoms with E-state index in [-0.39, 0.29) is 15.0 Å². The van der Waals surface area contributed by atoms with E-state index in [4.69, 9.17) is 11.8 Å². The van der Waals surface area contributed by atoms with Crippen LogP contribution in [0.1, 0.15) is 83.1 Å². The van der Waals surface area contributed by atoms with Gasteiger partial charge in [-0.15, -0.1) is 11.4 Å². The Labute approximate surface area is 175 Å². The van der Waals surface area contributed by atoms with Crippen LogP contribution in [0, 0.1) is 21.7 Å². The van der Waals surface area contributed by atoms with Crippen molar-refractivity contribution in [2.24, 2.45) is 21.7 Å². The molecule has 0 nitrogen and oxygen atoms in total. The van der Waals surface area contributed by atoms with E-state index in [0.717, 1.165) is 0 Å². The van der Waals surface area contributed by atoms with Crippen LogP contribution in [0.15, 0.2) is 0 Å². The van der Waals surface area contributed by atoms with Crippen LogP contribution >= 0.6 is 40.0 Å². The van der Waals surface area contributed by atoms with E-state index in [1.54, 1.807) is 7.89 Å². The number of hydrogen-bond donors (Lipinski definition) is 0. The molecular formula is C20H36P4S2. The summed E-state index contributed by atoms with van der Waals surface area (Å²) in [5.41, 5.74) is -0.211. The molecule has 0 aromatic carbocycles. The highest BCUT2D eigenvalue weighted by Crippen LogP contribution is 3.33. The third kappa shape index (κ3) is 1.70. The van der Waals surface area contributed by atoms with Crippen LogP contribution in [0.3, 0.4) is 0 Å². The molecule has 0 spiro atoms. The fourth-order valence-electron chi connectivity index (χ4n) is 6.30. The highest BCUT2D eigenvalue weighted by Gasteiger charge is 3.06. The van der Waals surface area contributed by atoms with Crippen LogP contribution < -0.4 is 0 Å². The summed E-state index contributed by atoms with van der Waals surface area (Å²) in [4.78, 5) is 1.01. The van der Waals surface area contributed by atoms with Crippen LogP contribution in [0.2, 0.25) is 0 Å². The molecule has 6 bridgehead atoms. The first-order valence-electron chi connectivity index (χ1n) is 9.81. The summed E-state index contributed by atoms with van der Waals surface area (Å²) in [6.07, 6.45) is 0. The Bertz CT molecular complexity index is 789. The standard InChI is InChI=1S/C20H36P4S2/c1-14(2,3)13-21-24(25)19(16(7,8)9)18(15(4,5)6)22(13)20(24,17(10,11)12)26-23(18)19/h1-12H3/t18-,19-,20-,22?,23?,24?/m1/s1. The van der Waals surface area contributed by atoms with E-state index in [1.165, 1.54) is 0 Å². The van der Waals surface area contributed by atoms with E-state index >= 15 is 0 Å². The van der Waals surface area contributed by atoms with Gasteiger partial charge in [-0.1, -0.05) is 103 Å². The third-order valence-corrected chi connectivity index (χ3v) is 40.3. The fraction of sp³-hybridized carbons (Fsp3) is 0.950. The predicted octanol–water partition coefficient (Wildman–Crippen LogP) is 9.35. The summed E-state index contributed by atoms with van der Waals surface area (Å²) in [5, 5.41) is 1.90. The molecule has 0 radical (unpaired) electrons. The Kier molecular flexibility index (Phi) is 4.02. The van der Waals surface area contributed by atoms with Crippen molar-refractivity contribution in [2.75, 3.05) is 0 Å². The average molecular weight is 465 g/mol.